The highest BCUT2D eigenvalue weighted by Gasteiger charge is 2.17. The Hall–Kier alpha value is -2.17. The zero-order chi connectivity index (χ0) is 17.5. The van der Waals surface area contributed by atoms with Crippen LogP contribution in [0.15, 0.2) is 29.4 Å². The molecule has 0 unspecified atom stereocenters. The van der Waals surface area contributed by atoms with Crippen LogP contribution in [0.2, 0.25) is 0 Å². The van der Waals surface area contributed by atoms with Gasteiger partial charge >= 0.3 is 0 Å². The maximum absolute atomic E-state index is 11.5. The van der Waals surface area contributed by atoms with Gasteiger partial charge in [0.25, 0.3) is 0 Å². The third-order valence-electron chi connectivity index (χ3n) is 4.46. The van der Waals surface area contributed by atoms with Gasteiger partial charge in [-0.05, 0) is 55.0 Å². The number of carbonyl (C=O) groups excluding carboxylic acids is 1. The molecular weight excluding hydrogens is 302 g/mol. The van der Waals surface area contributed by atoms with Crippen molar-refractivity contribution in [3.63, 3.8) is 0 Å². The molecule has 1 amide bonds. The number of hydrogen-bond donors (Lipinski definition) is 1. The molecule has 1 N–H and O–H groups in total. The summed E-state index contributed by atoms with van der Waals surface area (Å²) < 4.78 is 5.75. The van der Waals surface area contributed by atoms with Crippen molar-refractivity contribution in [2.45, 2.75) is 46.0 Å². The molecule has 130 valence electrons. The van der Waals surface area contributed by atoms with Crippen LogP contribution in [0.5, 0.6) is 5.75 Å². The highest BCUT2D eigenvalue weighted by molar-refractivity contribution is 6.04. The molecule has 1 atom stereocenters. The van der Waals surface area contributed by atoms with Gasteiger partial charge in [-0.2, -0.15) is 5.10 Å². The molecule has 0 saturated heterocycles. The minimum Gasteiger partial charge on any atom is -0.494 e. The molecule has 0 bridgehead atoms. The summed E-state index contributed by atoms with van der Waals surface area (Å²) in [6.45, 7) is 4.83. The van der Waals surface area contributed by atoms with Crippen LogP contribution < -0.4 is 4.74 Å². The first-order valence-electron chi connectivity index (χ1n) is 8.65. The van der Waals surface area contributed by atoms with Gasteiger partial charge < -0.3 is 10.1 Å². The Morgan fingerprint density at radius 3 is 2.67 bits per heavy atom. The van der Waals surface area contributed by atoms with Crippen molar-refractivity contribution >= 4 is 17.3 Å². The second kappa shape index (κ2) is 8.62. The summed E-state index contributed by atoms with van der Waals surface area (Å²) in [6.07, 6.45) is 3.87. The molecule has 0 fully saturated rings. The van der Waals surface area contributed by atoms with E-state index in [-0.39, 0.29) is 5.91 Å². The first-order valence-corrected chi connectivity index (χ1v) is 8.65. The quantitative estimate of drug-likeness (QED) is 0.581. The van der Waals surface area contributed by atoms with Crippen molar-refractivity contribution < 1.29 is 9.53 Å². The maximum Gasteiger partial charge on any atom is 0.242 e. The molecular formula is C19H27N3O2. The number of amides is 1. The second-order valence-corrected chi connectivity index (χ2v) is 6.27. The van der Waals surface area contributed by atoms with Crippen molar-refractivity contribution in [3.05, 3.63) is 29.8 Å². The van der Waals surface area contributed by atoms with E-state index in [1.54, 1.807) is 7.05 Å². The molecule has 1 aromatic rings. The molecule has 5 nitrogen and oxygen atoms in total. The van der Waals surface area contributed by atoms with Gasteiger partial charge in [-0.1, -0.05) is 13.8 Å². The lowest BCUT2D eigenvalue weighted by atomic mass is 9.99. The molecule has 1 heterocycles. The largest absolute Gasteiger partial charge is 0.494 e. The number of hydrazone groups is 1. The normalized spacial score (nSPS) is 15.9. The fraction of sp³-hybridized carbons (Fsp3) is 0.526. The summed E-state index contributed by atoms with van der Waals surface area (Å²) in [5.41, 5.74) is 2.77. The molecule has 0 spiro atoms. The van der Waals surface area contributed by atoms with Crippen LogP contribution >= 0.6 is 0 Å². The van der Waals surface area contributed by atoms with E-state index < -0.39 is 0 Å². The summed E-state index contributed by atoms with van der Waals surface area (Å²) in [4.78, 5) is 11.5. The summed E-state index contributed by atoms with van der Waals surface area (Å²) in [5, 5.41) is 13.7. The second-order valence-electron chi connectivity index (χ2n) is 6.27. The van der Waals surface area contributed by atoms with Crippen LogP contribution in [0.1, 0.15) is 51.5 Å². The van der Waals surface area contributed by atoms with Crippen LogP contribution in [0.3, 0.4) is 0 Å². The monoisotopic (exact) mass is 329 g/mol. The molecule has 24 heavy (non-hydrogen) atoms. The SMILES string of the molecule is CC[C@@H](C)C(=N)CCCOc1ccc(C2=NN(C)C(=O)CC2)cc1. The van der Waals surface area contributed by atoms with Gasteiger partial charge in [0.2, 0.25) is 5.91 Å². The highest BCUT2D eigenvalue weighted by Crippen LogP contribution is 2.18. The zero-order valence-electron chi connectivity index (χ0n) is 14.8. The summed E-state index contributed by atoms with van der Waals surface area (Å²) >= 11 is 0. The molecule has 0 saturated carbocycles. The number of ether oxygens (including phenoxy) is 1. The Morgan fingerprint density at radius 2 is 2.04 bits per heavy atom. The highest BCUT2D eigenvalue weighted by atomic mass is 16.5. The van der Waals surface area contributed by atoms with Gasteiger partial charge in [0.1, 0.15) is 5.75 Å². The fourth-order valence-electron chi connectivity index (χ4n) is 2.57. The number of hydrogen-bond acceptors (Lipinski definition) is 4. The Morgan fingerprint density at radius 1 is 1.33 bits per heavy atom. The minimum atomic E-state index is 0.0571. The molecule has 1 aromatic carbocycles. The van der Waals surface area contributed by atoms with Gasteiger partial charge in [0.15, 0.2) is 0 Å². The number of rotatable bonds is 8. The van der Waals surface area contributed by atoms with E-state index in [1.165, 1.54) is 5.01 Å². The van der Waals surface area contributed by atoms with E-state index in [0.717, 1.165) is 42.0 Å². The van der Waals surface area contributed by atoms with Gasteiger partial charge in [-0.15, -0.1) is 0 Å². The summed E-state index contributed by atoms with van der Waals surface area (Å²) in [7, 11) is 1.69. The smallest absolute Gasteiger partial charge is 0.242 e. The van der Waals surface area contributed by atoms with Gasteiger partial charge in [0.05, 0.1) is 12.3 Å². The minimum absolute atomic E-state index is 0.0571. The van der Waals surface area contributed by atoms with Crippen LogP contribution in [0, 0.1) is 11.3 Å². The van der Waals surface area contributed by atoms with Crippen molar-refractivity contribution in [1.29, 1.82) is 5.41 Å². The van der Waals surface area contributed by atoms with E-state index in [1.807, 2.05) is 24.3 Å². The lowest BCUT2D eigenvalue weighted by molar-refractivity contribution is -0.130. The molecule has 0 radical (unpaired) electrons. The van der Waals surface area contributed by atoms with Crippen molar-refractivity contribution in [1.82, 2.24) is 5.01 Å². The van der Waals surface area contributed by atoms with Crippen molar-refractivity contribution in [2.75, 3.05) is 13.7 Å². The molecule has 1 aliphatic heterocycles. The van der Waals surface area contributed by atoms with Crippen molar-refractivity contribution in [3.8, 4) is 5.75 Å². The third-order valence-corrected chi connectivity index (χ3v) is 4.46. The number of carbonyl (C=O) groups is 1. The predicted octanol–water partition coefficient (Wildman–Crippen LogP) is 3.87. The average Bonchev–Trinajstić information content (AvgIpc) is 2.60. The lowest BCUT2D eigenvalue weighted by Crippen LogP contribution is -2.28. The topological polar surface area (TPSA) is 65.8 Å². The van der Waals surface area contributed by atoms with Crippen LogP contribution in [-0.4, -0.2) is 36.0 Å². The van der Waals surface area contributed by atoms with E-state index >= 15 is 0 Å². The molecule has 5 heteroatoms. The number of benzene rings is 1. The van der Waals surface area contributed by atoms with E-state index in [0.29, 0.717) is 25.4 Å². The van der Waals surface area contributed by atoms with E-state index in [2.05, 4.69) is 18.9 Å². The Kier molecular flexibility index (Phi) is 6.53. The van der Waals surface area contributed by atoms with E-state index in [9.17, 15) is 4.79 Å². The maximum atomic E-state index is 11.5. The molecule has 0 aliphatic carbocycles. The van der Waals surface area contributed by atoms with Gasteiger partial charge in [-0.3, -0.25) is 4.79 Å². The number of nitrogens with one attached hydrogen (secondary N) is 1. The average molecular weight is 329 g/mol. The number of nitrogens with zero attached hydrogens (tertiary/aromatic N) is 2. The third kappa shape index (κ3) is 4.91. The molecule has 2 rings (SSSR count). The molecule has 1 aliphatic rings. The standard InChI is InChI=1S/C19H27N3O2/c1-4-14(2)17(20)6-5-13-24-16-9-7-15(8-10-16)18-11-12-19(23)22(3)21-18/h7-10,14,20H,4-6,11-13H2,1-3H3/t14-/m1/s1. The first-order chi connectivity index (χ1) is 11.5. The lowest BCUT2D eigenvalue weighted by Gasteiger charge is -2.19. The predicted molar refractivity (Wildman–Crippen MR) is 96.9 cm³/mol. The zero-order valence-corrected chi connectivity index (χ0v) is 14.8. The summed E-state index contributed by atoms with van der Waals surface area (Å²) in [5.74, 6) is 1.25. The Labute approximate surface area is 144 Å². The van der Waals surface area contributed by atoms with Gasteiger partial charge in [-0.25, -0.2) is 5.01 Å². The van der Waals surface area contributed by atoms with Gasteiger partial charge in [0, 0.05) is 25.6 Å². The Bertz CT molecular complexity index is 608. The van der Waals surface area contributed by atoms with Crippen LogP contribution in [0.25, 0.3) is 0 Å². The van der Waals surface area contributed by atoms with Crippen molar-refractivity contribution in [2.24, 2.45) is 11.0 Å². The van der Waals surface area contributed by atoms with Crippen LogP contribution in [0.4, 0.5) is 0 Å². The Balaban J connectivity index is 1.81. The van der Waals surface area contributed by atoms with E-state index in [4.69, 9.17) is 10.1 Å². The summed E-state index contributed by atoms with van der Waals surface area (Å²) in [6, 6.07) is 7.85. The fourth-order valence-corrected chi connectivity index (χ4v) is 2.57. The molecule has 0 aromatic heterocycles. The van der Waals surface area contributed by atoms with Crippen LogP contribution in [-0.2, 0) is 4.79 Å². The first kappa shape index (κ1) is 18.2.